The Labute approximate surface area is 176 Å². The van der Waals surface area contributed by atoms with Crippen LogP contribution in [0.15, 0.2) is 36.7 Å². The Morgan fingerprint density at radius 3 is 2.79 bits per heavy atom. The van der Waals surface area contributed by atoms with Crippen LogP contribution in [-0.2, 0) is 0 Å². The van der Waals surface area contributed by atoms with E-state index in [0.29, 0.717) is 23.0 Å². The Morgan fingerprint density at radius 1 is 1.14 bits per heavy atom. The molecule has 8 heteroatoms. The molecule has 154 valence electrons. The average molecular weight is 414 g/mol. The number of nitrogens with two attached hydrogens (primary N) is 1. The van der Waals surface area contributed by atoms with E-state index < -0.39 is 0 Å². The lowest BCUT2D eigenvalue weighted by Crippen LogP contribution is -2.46. The summed E-state index contributed by atoms with van der Waals surface area (Å²) >= 11 is 6.52. The van der Waals surface area contributed by atoms with Gasteiger partial charge in [-0.15, -0.1) is 0 Å². The van der Waals surface area contributed by atoms with Crippen LogP contribution in [0.3, 0.4) is 0 Å². The fourth-order valence-electron chi connectivity index (χ4n) is 4.85. The van der Waals surface area contributed by atoms with E-state index in [-0.39, 0.29) is 12.1 Å². The third kappa shape index (κ3) is 3.85. The lowest BCUT2D eigenvalue weighted by molar-refractivity contribution is 0.265. The van der Waals surface area contributed by atoms with E-state index in [2.05, 4.69) is 38.2 Å². The molecule has 7 nitrogen and oxygen atoms in total. The molecule has 0 bridgehead atoms. The van der Waals surface area contributed by atoms with Crippen molar-refractivity contribution in [3.8, 4) is 0 Å². The zero-order valence-electron chi connectivity index (χ0n) is 16.4. The number of halogens is 1. The van der Waals surface area contributed by atoms with E-state index in [1.807, 2.05) is 24.5 Å². The second-order valence-electron chi connectivity index (χ2n) is 8.39. The van der Waals surface area contributed by atoms with Gasteiger partial charge in [0.2, 0.25) is 0 Å². The maximum Gasteiger partial charge on any atom is 0.147 e. The molecule has 0 aliphatic carbocycles. The van der Waals surface area contributed by atoms with Crippen molar-refractivity contribution in [1.82, 2.24) is 26.1 Å². The summed E-state index contributed by atoms with van der Waals surface area (Å²) in [7, 11) is 0. The standard InChI is InChI=1S/C21H28ClN7/c22-16-3-4-17(26-21(16)29-8-5-14(23)6-9-29)20-15-10-18(13-2-1-7-24-11-13)25-12-19(15)27-28-20/h1-4,7,11,14-15,18-20,25,27-28H,5-6,8-10,12,23H2. The number of hydrazine groups is 1. The monoisotopic (exact) mass is 413 g/mol. The van der Waals surface area contributed by atoms with E-state index in [9.17, 15) is 0 Å². The number of fused-ring (bicyclic) bond motifs is 1. The van der Waals surface area contributed by atoms with Crippen LogP contribution in [0.1, 0.15) is 42.6 Å². The largest absolute Gasteiger partial charge is 0.355 e. The molecular weight excluding hydrogens is 386 g/mol. The van der Waals surface area contributed by atoms with E-state index >= 15 is 0 Å². The van der Waals surface area contributed by atoms with Crippen molar-refractivity contribution in [3.05, 3.63) is 52.9 Å². The number of nitrogens with one attached hydrogen (secondary N) is 3. The zero-order valence-corrected chi connectivity index (χ0v) is 17.1. The van der Waals surface area contributed by atoms with Crippen LogP contribution in [-0.4, -0.2) is 41.7 Å². The van der Waals surface area contributed by atoms with Gasteiger partial charge in [0, 0.05) is 56.1 Å². The molecule has 5 heterocycles. The molecule has 0 amide bonds. The Kier molecular flexibility index (Phi) is 5.41. The van der Waals surface area contributed by atoms with Crippen LogP contribution in [0, 0.1) is 5.92 Å². The average Bonchev–Trinajstić information content (AvgIpc) is 3.19. The summed E-state index contributed by atoms with van der Waals surface area (Å²) in [5, 5.41) is 4.36. The molecule has 5 rings (SSSR count). The minimum absolute atomic E-state index is 0.157. The number of nitrogens with zero attached hydrogens (tertiary/aromatic N) is 3. The van der Waals surface area contributed by atoms with E-state index in [1.165, 1.54) is 5.56 Å². The van der Waals surface area contributed by atoms with Crippen LogP contribution in [0.5, 0.6) is 0 Å². The molecule has 0 radical (unpaired) electrons. The van der Waals surface area contributed by atoms with E-state index in [4.69, 9.17) is 22.3 Å². The van der Waals surface area contributed by atoms with Crippen molar-refractivity contribution in [1.29, 1.82) is 0 Å². The fourth-order valence-corrected chi connectivity index (χ4v) is 5.08. The van der Waals surface area contributed by atoms with Gasteiger partial charge >= 0.3 is 0 Å². The van der Waals surface area contributed by atoms with Gasteiger partial charge in [-0.05, 0) is 43.0 Å². The van der Waals surface area contributed by atoms with Gasteiger partial charge in [-0.25, -0.2) is 10.4 Å². The summed E-state index contributed by atoms with van der Waals surface area (Å²) in [6.45, 7) is 2.73. The first-order valence-corrected chi connectivity index (χ1v) is 10.9. The number of anilines is 1. The van der Waals surface area contributed by atoms with E-state index in [0.717, 1.165) is 50.4 Å². The van der Waals surface area contributed by atoms with E-state index in [1.54, 1.807) is 0 Å². The highest BCUT2D eigenvalue weighted by molar-refractivity contribution is 6.32. The molecule has 0 spiro atoms. The van der Waals surface area contributed by atoms with Gasteiger partial charge < -0.3 is 16.0 Å². The number of pyridine rings is 2. The third-order valence-electron chi connectivity index (χ3n) is 6.55. The van der Waals surface area contributed by atoms with Crippen LogP contribution in [0.25, 0.3) is 0 Å². The quantitative estimate of drug-likeness (QED) is 0.611. The van der Waals surface area contributed by atoms with Gasteiger partial charge in [0.1, 0.15) is 5.82 Å². The number of aromatic nitrogens is 2. The first-order chi connectivity index (χ1) is 14.2. The molecule has 0 saturated carbocycles. The molecule has 5 N–H and O–H groups in total. The Hall–Kier alpha value is -1.77. The molecule has 2 aromatic rings. The first kappa shape index (κ1) is 19.2. The lowest BCUT2D eigenvalue weighted by Gasteiger charge is -2.35. The summed E-state index contributed by atoms with van der Waals surface area (Å²) in [6.07, 6.45) is 6.77. The second-order valence-corrected chi connectivity index (χ2v) is 8.79. The summed E-state index contributed by atoms with van der Waals surface area (Å²) in [5.41, 5.74) is 15.3. The number of piperidine rings is 2. The zero-order chi connectivity index (χ0) is 19.8. The summed E-state index contributed by atoms with van der Waals surface area (Å²) in [5.74, 6) is 1.33. The van der Waals surface area contributed by atoms with Crippen molar-refractivity contribution < 1.29 is 0 Å². The summed E-state index contributed by atoms with van der Waals surface area (Å²) in [6, 6.07) is 9.33. The van der Waals surface area contributed by atoms with Crippen LogP contribution in [0.2, 0.25) is 5.02 Å². The van der Waals surface area contributed by atoms with Gasteiger partial charge in [0.25, 0.3) is 0 Å². The van der Waals surface area contributed by atoms with Crippen molar-refractivity contribution in [2.45, 2.75) is 43.4 Å². The second kappa shape index (κ2) is 8.16. The van der Waals surface area contributed by atoms with Crippen LogP contribution in [0.4, 0.5) is 5.82 Å². The van der Waals surface area contributed by atoms with Gasteiger partial charge in [-0.2, -0.15) is 0 Å². The molecule has 29 heavy (non-hydrogen) atoms. The Bertz CT molecular complexity index is 840. The third-order valence-corrected chi connectivity index (χ3v) is 6.85. The Morgan fingerprint density at radius 2 is 2.00 bits per heavy atom. The highest BCUT2D eigenvalue weighted by atomic mass is 35.5. The predicted molar refractivity (Wildman–Crippen MR) is 115 cm³/mol. The molecule has 3 fully saturated rings. The normalized spacial score (nSPS) is 30.3. The van der Waals surface area contributed by atoms with Crippen molar-refractivity contribution in [3.63, 3.8) is 0 Å². The smallest absolute Gasteiger partial charge is 0.147 e. The maximum atomic E-state index is 6.52. The number of hydrogen-bond donors (Lipinski definition) is 4. The van der Waals surface area contributed by atoms with Gasteiger partial charge in [0.05, 0.1) is 16.8 Å². The lowest BCUT2D eigenvalue weighted by atomic mass is 9.81. The number of hydrogen-bond acceptors (Lipinski definition) is 7. The van der Waals surface area contributed by atoms with Gasteiger partial charge in [-0.1, -0.05) is 17.7 Å². The minimum Gasteiger partial charge on any atom is -0.355 e. The number of rotatable bonds is 3. The van der Waals surface area contributed by atoms with Crippen molar-refractivity contribution in [2.24, 2.45) is 11.7 Å². The fraction of sp³-hybridized carbons (Fsp3) is 0.524. The Balaban J connectivity index is 1.37. The molecule has 4 unspecified atom stereocenters. The predicted octanol–water partition coefficient (Wildman–Crippen LogP) is 1.93. The highest BCUT2D eigenvalue weighted by Gasteiger charge is 2.42. The van der Waals surface area contributed by atoms with Gasteiger partial charge in [0.15, 0.2) is 0 Å². The molecule has 4 atom stereocenters. The molecule has 3 saturated heterocycles. The molecular formula is C21H28ClN7. The van der Waals surface area contributed by atoms with Crippen LogP contribution >= 0.6 is 11.6 Å². The SMILES string of the molecule is NC1CCN(c2nc(C3NNC4CNC(c5cccnc5)CC43)ccc2Cl)CC1. The van der Waals surface area contributed by atoms with Crippen LogP contribution < -0.4 is 26.8 Å². The van der Waals surface area contributed by atoms with Crippen molar-refractivity contribution >= 4 is 17.4 Å². The topological polar surface area (TPSA) is 91.1 Å². The summed E-state index contributed by atoms with van der Waals surface area (Å²) < 4.78 is 0. The minimum atomic E-state index is 0.157. The molecule has 2 aromatic heterocycles. The highest BCUT2D eigenvalue weighted by Crippen LogP contribution is 2.39. The molecule has 3 aliphatic heterocycles. The maximum absolute atomic E-state index is 6.52. The summed E-state index contributed by atoms with van der Waals surface area (Å²) in [4.78, 5) is 11.6. The van der Waals surface area contributed by atoms with Crippen molar-refractivity contribution in [2.75, 3.05) is 24.5 Å². The molecule has 0 aromatic carbocycles. The van der Waals surface area contributed by atoms with Gasteiger partial charge in [-0.3, -0.25) is 10.4 Å². The first-order valence-electron chi connectivity index (χ1n) is 10.5. The molecule has 3 aliphatic rings.